The van der Waals surface area contributed by atoms with Gasteiger partial charge in [-0.2, -0.15) is 13.2 Å². The third-order valence-electron chi connectivity index (χ3n) is 2.54. The first-order valence-electron chi connectivity index (χ1n) is 5.52. The molecule has 3 N–H and O–H groups in total. The van der Waals surface area contributed by atoms with Gasteiger partial charge in [0.05, 0.1) is 11.3 Å². The summed E-state index contributed by atoms with van der Waals surface area (Å²) < 4.78 is 61.3. The molecule has 0 saturated heterocycles. The topological polar surface area (TPSA) is 72.2 Å². The maximum absolute atomic E-state index is 11.9. The smallest absolute Gasteiger partial charge is 0.326 e. The molecule has 0 atom stereocenters. The molecular weight excluding hydrogens is 281 g/mol. The Morgan fingerprint density at radius 1 is 1.32 bits per heavy atom. The lowest BCUT2D eigenvalue weighted by atomic mass is 10.1. The molecule has 1 rings (SSSR count). The lowest BCUT2D eigenvalue weighted by Crippen LogP contribution is -2.28. The van der Waals surface area contributed by atoms with Crippen molar-refractivity contribution >= 4 is 10.0 Å². The van der Waals surface area contributed by atoms with Crippen LogP contribution >= 0.6 is 0 Å². The zero-order valence-electron chi connectivity index (χ0n) is 10.3. The molecule has 0 bridgehead atoms. The second-order valence-corrected chi connectivity index (χ2v) is 5.82. The number of sulfonamides is 1. The van der Waals surface area contributed by atoms with Crippen LogP contribution in [0.25, 0.3) is 0 Å². The van der Waals surface area contributed by atoms with Crippen molar-refractivity contribution in [3.8, 4) is 0 Å². The molecular formula is C11H15F3N2O2S. The van der Waals surface area contributed by atoms with Crippen molar-refractivity contribution in [3.63, 3.8) is 0 Å². The van der Waals surface area contributed by atoms with Gasteiger partial charge in [-0.05, 0) is 30.2 Å². The number of rotatable bonds is 5. The Morgan fingerprint density at radius 2 is 1.95 bits per heavy atom. The molecule has 0 radical (unpaired) electrons. The van der Waals surface area contributed by atoms with Crippen LogP contribution < -0.4 is 10.5 Å². The monoisotopic (exact) mass is 296 g/mol. The van der Waals surface area contributed by atoms with E-state index in [0.29, 0.717) is 5.56 Å². The number of benzene rings is 1. The van der Waals surface area contributed by atoms with Gasteiger partial charge in [-0.15, -0.1) is 0 Å². The van der Waals surface area contributed by atoms with Crippen molar-refractivity contribution in [1.29, 1.82) is 0 Å². The zero-order chi connectivity index (χ0) is 14.7. The van der Waals surface area contributed by atoms with Crippen LogP contribution in [0, 0.1) is 6.92 Å². The summed E-state index contributed by atoms with van der Waals surface area (Å²) in [5.41, 5.74) is 6.92. The largest absolute Gasteiger partial charge is 0.390 e. The Balaban J connectivity index is 2.80. The van der Waals surface area contributed by atoms with Gasteiger partial charge < -0.3 is 5.73 Å². The lowest BCUT2D eigenvalue weighted by molar-refractivity contribution is -0.132. The third kappa shape index (κ3) is 4.81. The van der Waals surface area contributed by atoms with E-state index in [1.807, 2.05) is 4.72 Å². The molecule has 0 aliphatic carbocycles. The molecule has 108 valence electrons. The van der Waals surface area contributed by atoms with E-state index in [1.165, 1.54) is 12.1 Å². The average molecular weight is 296 g/mol. The average Bonchev–Trinajstić information content (AvgIpc) is 2.26. The van der Waals surface area contributed by atoms with Crippen molar-refractivity contribution in [2.75, 3.05) is 6.54 Å². The van der Waals surface area contributed by atoms with Gasteiger partial charge in [-0.1, -0.05) is 6.07 Å². The number of alkyl halides is 3. The second-order valence-electron chi connectivity index (χ2n) is 4.06. The van der Waals surface area contributed by atoms with Crippen LogP contribution in [0.4, 0.5) is 13.2 Å². The first-order chi connectivity index (χ1) is 8.65. The molecule has 0 saturated carbocycles. The summed E-state index contributed by atoms with van der Waals surface area (Å²) in [7, 11) is -3.92. The van der Waals surface area contributed by atoms with Crippen LogP contribution in [0.15, 0.2) is 23.1 Å². The Kier molecular flexibility index (Phi) is 4.94. The number of hydrogen-bond acceptors (Lipinski definition) is 3. The summed E-state index contributed by atoms with van der Waals surface area (Å²) in [6, 6.07) is 4.26. The minimum Gasteiger partial charge on any atom is -0.326 e. The van der Waals surface area contributed by atoms with E-state index in [4.69, 9.17) is 5.73 Å². The normalized spacial score (nSPS) is 12.7. The highest BCUT2D eigenvalue weighted by molar-refractivity contribution is 7.89. The van der Waals surface area contributed by atoms with E-state index in [2.05, 4.69) is 0 Å². The first kappa shape index (κ1) is 15.9. The molecule has 0 aliphatic rings. The van der Waals surface area contributed by atoms with E-state index < -0.39 is 29.2 Å². The summed E-state index contributed by atoms with van der Waals surface area (Å²) in [5.74, 6) is 0. The molecule has 1 aromatic carbocycles. The number of halogens is 3. The molecule has 8 heteroatoms. The van der Waals surface area contributed by atoms with Gasteiger partial charge in [0.2, 0.25) is 10.0 Å². The van der Waals surface area contributed by atoms with Crippen molar-refractivity contribution in [2.24, 2.45) is 5.73 Å². The van der Waals surface area contributed by atoms with Gasteiger partial charge in [0.15, 0.2) is 0 Å². The van der Waals surface area contributed by atoms with E-state index >= 15 is 0 Å². The predicted molar refractivity (Wildman–Crippen MR) is 64.9 cm³/mol. The zero-order valence-corrected chi connectivity index (χ0v) is 11.1. The summed E-state index contributed by atoms with van der Waals surface area (Å²) in [4.78, 5) is -0.0654. The highest BCUT2D eigenvalue weighted by Crippen LogP contribution is 2.19. The van der Waals surface area contributed by atoms with Crippen molar-refractivity contribution in [3.05, 3.63) is 29.3 Å². The Hall–Kier alpha value is -1.12. The standard InChI is InChI=1S/C11H15F3N2O2S/c1-8-6-10(3-2-9(8)7-15)19(17,18)16-5-4-11(12,13)14/h2-3,6,16H,4-5,7,15H2,1H3. The predicted octanol–water partition coefficient (Wildman–Crippen LogP) is 1.68. The molecule has 19 heavy (non-hydrogen) atoms. The van der Waals surface area contributed by atoms with Crippen LogP contribution in [0.2, 0.25) is 0 Å². The Labute approximate surface area is 109 Å². The number of nitrogens with one attached hydrogen (secondary N) is 1. The molecule has 0 aliphatic heterocycles. The van der Waals surface area contributed by atoms with E-state index in [0.717, 1.165) is 5.56 Å². The van der Waals surface area contributed by atoms with Crippen LogP contribution in [-0.4, -0.2) is 21.1 Å². The van der Waals surface area contributed by atoms with Crippen molar-refractivity contribution < 1.29 is 21.6 Å². The fourth-order valence-corrected chi connectivity index (χ4v) is 2.59. The van der Waals surface area contributed by atoms with Crippen LogP contribution in [-0.2, 0) is 16.6 Å². The second kappa shape index (κ2) is 5.89. The highest BCUT2D eigenvalue weighted by Gasteiger charge is 2.27. The number of nitrogens with two attached hydrogens (primary N) is 1. The Morgan fingerprint density at radius 3 is 2.42 bits per heavy atom. The first-order valence-corrected chi connectivity index (χ1v) is 7.00. The number of aryl methyl sites for hydroxylation is 1. The molecule has 0 amide bonds. The quantitative estimate of drug-likeness (QED) is 0.868. The fraction of sp³-hybridized carbons (Fsp3) is 0.455. The van der Waals surface area contributed by atoms with Gasteiger partial charge in [0.25, 0.3) is 0 Å². The van der Waals surface area contributed by atoms with Gasteiger partial charge in [0, 0.05) is 13.1 Å². The van der Waals surface area contributed by atoms with E-state index in [9.17, 15) is 21.6 Å². The lowest BCUT2D eigenvalue weighted by Gasteiger charge is -2.10. The molecule has 0 spiro atoms. The summed E-state index contributed by atoms with van der Waals surface area (Å²) in [5, 5.41) is 0. The Bertz CT molecular complexity index is 541. The van der Waals surface area contributed by atoms with Crippen LogP contribution in [0.3, 0.4) is 0 Å². The van der Waals surface area contributed by atoms with Crippen LogP contribution in [0.5, 0.6) is 0 Å². The summed E-state index contributed by atoms with van der Waals surface area (Å²) in [6.07, 6.45) is -5.59. The van der Waals surface area contributed by atoms with E-state index in [-0.39, 0.29) is 11.4 Å². The number of hydrogen-bond donors (Lipinski definition) is 2. The maximum atomic E-state index is 11.9. The molecule has 0 aromatic heterocycles. The van der Waals surface area contributed by atoms with Gasteiger partial charge in [0.1, 0.15) is 0 Å². The maximum Gasteiger partial charge on any atom is 0.390 e. The fourth-order valence-electron chi connectivity index (χ4n) is 1.48. The SMILES string of the molecule is Cc1cc(S(=O)(=O)NCCC(F)(F)F)ccc1CN. The molecule has 4 nitrogen and oxygen atoms in total. The van der Waals surface area contributed by atoms with Gasteiger partial charge >= 0.3 is 6.18 Å². The molecule has 0 unspecified atom stereocenters. The third-order valence-corrected chi connectivity index (χ3v) is 4.00. The van der Waals surface area contributed by atoms with Crippen LogP contribution in [0.1, 0.15) is 17.5 Å². The summed E-state index contributed by atoms with van der Waals surface area (Å²) in [6.45, 7) is 1.29. The molecule has 0 fully saturated rings. The minimum absolute atomic E-state index is 0.0654. The van der Waals surface area contributed by atoms with Gasteiger partial charge in [-0.3, -0.25) is 0 Å². The minimum atomic E-state index is -4.39. The molecule has 0 heterocycles. The molecule has 1 aromatic rings. The summed E-state index contributed by atoms with van der Waals surface area (Å²) >= 11 is 0. The van der Waals surface area contributed by atoms with E-state index in [1.54, 1.807) is 13.0 Å². The van der Waals surface area contributed by atoms with Gasteiger partial charge in [-0.25, -0.2) is 13.1 Å². The highest BCUT2D eigenvalue weighted by atomic mass is 32.2. The van der Waals surface area contributed by atoms with Crippen molar-refractivity contribution in [1.82, 2.24) is 4.72 Å². The van der Waals surface area contributed by atoms with Crippen molar-refractivity contribution in [2.45, 2.75) is 31.0 Å².